The number of carbonyl (C=O) groups excluding carboxylic acids is 2. The van der Waals surface area contributed by atoms with Gasteiger partial charge in [0.25, 0.3) is 0 Å². The average Bonchev–Trinajstić information content (AvgIpc) is 3.07. The highest BCUT2D eigenvalue weighted by atomic mass is 16.6. The molecular weight excluding hydrogens is 584 g/mol. The van der Waals surface area contributed by atoms with Gasteiger partial charge in [-0.25, -0.2) is 0 Å². The van der Waals surface area contributed by atoms with E-state index in [1.807, 2.05) is 0 Å². The van der Waals surface area contributed by atoms with Gasteiger partial charge in [0.15, 0.2) is 6.10 Å². The van der Waals surface area contributed by atoms with Crippen LogP contribution in [0.25, 0.3) is 0 Å². The van der Waals surface area contributed by atoms with Crippen molar-refractivity contribution in [1.29, 1.82) is 0 Å². The van der Waals surface area contributed by atoms with Crippen molar-refractivity contribution in [1.82, 2.24) is 0 Å². The third-order valence-electron chi connectivity index (χ3n) is 8.97. The topological polar surface area (TPSA) is 72.8 Å². The van der Waals surface area contributed by atoms with Crippen molar-refractivity contribution in [3.8, 4) is 0 Å². The van der Waals surface area contributed by atoms with E-state index in [9.17, 15) is 14.7 Å². The lowest BCUT2D eigenvalue weighted by Crippen LogP contribution is -2.28. The number of aliphatic hydroxyl groups is 1. The van der Waals surface area contributed by atoms with E-state index in [0.717, 1.165) is 44.9 Å². The van der Waals surface area contributed by atoms with Gasteiger partial charge in [-0.05, 0) is 64.2 Å². The zero-order chi connectivity index (χ0) is 34.3. The molecule has 276 valence electrons. The molecule has 0 saturated carbocycles. The standard InChI is InChI=1S/C42H78O5/c1-3-5-7-9-11-13-15-17-19-21-23-25-27-29-31-33-35-37-42(45)47-40(38-43)39-46-41(44)36-34-32-30-28-26-24-22-20-18-16-14-12-10-8-6-4-2/h17,19-20,22,40,43H,3-16,18,21,23-39H2,1-2H3/b19-17-,22-20-/t40-/m0/s1. The minimum Gasteiger partial charge on any atom is -0.462 e. The van der Waals surface area contributed by atoms with E-state index in [0.29, 0.717) is 12.8 Å². The molecule has 0 saturated heterocycles. The lowest BCUT2D eigenvalue weighted by Gasteiger charge is -2.15. The van der Waals surface area contributed by atoms with Gasteiger partial charge in [0.05, 0.1) is 6.61 Å². The molecule has 47 heavy (non-hydrogen) atoms. The van der Waals surface area contributed by atoms with Crippen molar-refractivity contribution in [3.05, 3.63) is 24.3 Å². The molecule has 0 aliphatic carbocycles. The second kappa shape index (κ2) is 38.8. The molecule has 0 unspecified atom stereocenters. The SMILES string of the molecule is CCCCCCCC/C=C\CCCCCCCCCC(=O)O[C@@H](CO)COC(=O)CCCCCCC/C=C\CCCCCCCCC. The normalized spacial score (nSPS) is 12.3. The van der Waals surface area contributed by atoms with E-state index in [2.05, 4.69) is 38.2 Å². The van der Waals surface area contributed by atoms with Crippen LogP contribution in [-0.2, 0) is 19.1 Å². The molecule has 0 aromatic heterocycles. The van der Waals surface area contributed by atoms with Crippen LogP contribution in [0.1, 0.15) is 213 Å². The Kier molecular flexibility index (Phi) is 37.5. The van der Waals surface area contributed by atoms with Crippen LogP contribution in [0, 0.1) is 0 Å². The van der Waals surface area contributed by atoms with Crippen LogP contribution in [0.5, 0.6) is 0 Å². The van der Waals surface area contributed by atoms with Gasteiger partial charge in [0.2, 0.25) is 0 Å². The number of hydrogen-bond acceptors (Lipinski definition) is 5. The molecule has 1 N–H and O–H groups in total. The highest BCUT2D eigenvalue weighted by molar-refractivity contribution is 5.70. The fourth-order valence-electron chi connectivity index (χ4n) is 5.84. The molecule has 0 aliphatic rings. The predicted octanol–water partition coefficient (Wildman–Crippen LogP) is 12.7. The Hall–Kier alpha value is -1.62. The van der Waals surface area contributed by atoms with Crippen LogP contribution in [0.15, 0.2) is 24.3 Å². The molecule has 0 amide bonds. The molecule has 0 fully saturated rings. The maximum absolute atomic E-state index is 12.2. The summed E-state index contributed by atoms with van der Waals surface area (Å²) in [6, 6.07) is 0. The van der Waals surface area contributed by atoms with Gasteiger partial charge in [-0.15, -0.1) is 0 Å². The van der Waals surface area contributed by atoms with Crippen LogP contribution in [-0.4, -0.2) is 36.4 Å². The van der Waals surface area contributed by atoms with Crippen LogP contribution in [0.3, 0.4) is 0 Å². The largest absolute Gasteiger partial charge is 0.462 e. The summed E-state index contributed by atoms with van der Waals surface area (Å²) in [4.78, 5) is 24.3. The Morgan fingerprint density at radius 1 is 0.468 bits per heavy atom. The third kappa shape index (κ3) is 37.1. The van der Waals surface area contributed by atoms with Crippen LogP contribution in [0.2, 0.25) is 0 Å². The second-order valence-electron chi connectivity index (χ2n) is 13.7. The second-order valence-corrected chi connectivity index (χ2v) is 13.7. The zero-order valence-electron chi connectivity index (χ0n) is 31.3. The monoisotopic (exact) mass is 663 g/mol. The minimum absolute atomic E-state index is 0.0689. The van der Waals surface area contributed by atoms with Gasteiger partial charge in [-0.1, -0.05) is 160 Å². The first-order valence-corrected chi connectivity index (χ1v) is 20.4. The average molecular weight is 663 g/mol. The first-order chi connectivity index (χ1) is 23.1. The fraction of sp³-hybridized carbons (Fsp3) is 0.857. The highest BCUT2D eigenvalue weighted by Gasteiger charge is 2.16. The van der Waals surface area contributed by atoms with Gasteiger partial charge in [-0.2, -0.15) is 0 Å². The molecule has 5 nitrogen and oxygen atoms in total. The van der Waals surface area contributed by atoms with Crippen molar-refractivity contribution < 1.29 is 24.2 Å². The Morgan fingerprint density at radius 2 is 0.787 bits per heavy atom. The zero-order valence-corrected chi connectivity index (χ0v) is 31.3. The summed E-state index contributed by atoms with van der Waals surface area (Å²) in [5.74, 6) is -0.600. The van der Waals surface area contributed by atoms with E-state index < -0.39 is 6.10 Å². The van der Waals surface area contributed by atoms with Gasteiger partial charge >= 0.3 is 11.9 Å². The fourth-order valence-corrected chi connectivity index (χ4v) is 5.84. The lowest BCUT2D eigenvalue weighted by molar-refractivity contribution is -0.161. The molecule has 0 heterocycles. The molecule has 0 spiro atoms. The Balaban J connectivity index is 3.55. The van der Waals surface area contributed by atoms with Crippen LogP contribution >= 0.6 is 0 Å². The summed E-state index contributed by atoms with van der Waals surface area (Å²) in [5, 5.41) is 9.56. The first kappa shape index (κ1) is 45.4. The summed E-state index contributed by atoms with van der Waals surface area (Å²) < 4.78 is 10.6. The van der Waals surface area contributed by atoms with E-state index in [1.165, 1.54) is 141 Å². The molecule has 0 bridgehead atoms. The van der Waals surface area contributed by atoms with Crippen LogP contribution in [0.4, 0.5) is 0 Å². The molecule has 0 aliphatic heterocycles. The first-order valence-electron chi connectivity index (χ1n) is 20.4. The van der Waals surface area contributed by atoms with E-state index in [-0.39, 0.29) is 25.2 Å². The summed E-state index contributed by atoms with van der Waals surface area (Å²) in [5.41, 5.74) is 0. The number of carbonyl (C=O) groups is 2. The van der Waals surface area contributed by atoms with Gasteiger partial charge in [-0.3, -0.25) is 9.59 Å². The Bertz CT molecular complexity index is 716. The number of hydrogen-bond donors (Lipinski definition) is 1. The van der Waals surface area contributed by atoms with E-state index >= 15 is 0 Å². The van der Waals surface area contributed by atoms with Gasteiger partial charge in [0.1, 0.15) is 6.61 Å². The Labute approximate surface area is 292 Å². The van der Waals surface area contributed by atoms with E-state index in [1.54, 1.807) is 0 Å². The van der Waals surface area contributed by atoms with Crippen molar-refractivity contribution in [3.63, 3.8) is 0 Å². The molecular formula is C42H78O5. The van der Waals surface area contributed by atoms with Crippen molar-refractivity contribution in [2.75, 3.05) is 13.2 Å². The summed E-state index contributed by atoms with van der Waals surface area (Å²) in [7, 11) is 0. The maximum atomic E-state index is 12.2. The molecule has 5 heteroatoms. The van der Waals surface area contributed by atoms with Crippen molar-refractivity contribution in [2.45, 2.75) is 219 Å². The van der Waals surface area contributed by atoms with Gasteiger partial charge < -0.3 is 14.6 Å². The van der Waals surface area contributed by atoms with Gasteiger partial charge in [0, 0.05) is 12.8 Å². The van der Waals surface area contributed by atoms with E-state index in [4.69, 9.17) is 9.47 Å². The molecule has 0 aromatic carbocycles. The third-order valence-corrected chi connectivity index (χ3v) is 8.97. The lowest BCUT2D eigenvalue weighted by atomic mass is 10.1. The van der Waals surface area contributed by atoms with Crippen molar-refractivity contribution in [2.24, 2.45) is 0 Å². The molecule has 1 atom stereocenters. The smallest absolute Gasteiger partial charge is 0.306 e. The highest BCUT2D eigenvalue weighted by Crippen LogP contribution is 2.13. The summed E-state index contributed by atoms with van der Waals surface area (Å²) in [6.45, 7) is 4.13. The minimum atomic E-state index is -0.773. The number of allylic oxidation sites excluding steroid dienone is 4. The molecule has 0 radical (unpaired) electrons. The molecule has 0 rings (SSSR count). The molecule has 0 aromatic rings. The number of ether oxygens (including phenoxy) is 2. The maximum Gasteiger partial charge on any atom is 0.306 e. The summed E-state index contributed by atoms with van der Waals surface area (Å²) in [6.07, 6.45) is 45.2. The predicted molar refractivity (Wildman–Crippen MR) is 201 cm³/mol. The number of unbranched alkanes of at least 4 members (excludes halogenated alkanes) is 25. The van der Waals surface area contributed by atoms with Crippen LogP contribution < -0.4 is 0 Å². The summed E-state index contributed by atoms with van der Waals surface area (Å²) >= 11 is 0. The number of aliphatic hydroxyl groups excluding tert-OH is 1. The quantitative estimate of drug-likeness (QED) is 0.0407. The van der Waals surface area contributed by atoms with Crippen molar-refractivity contribution >= 4 is 11.9 Å². The number of rotatable bonds is 37. The Morgan fingerprint density at radius 3 is 1.15 bits per heavy atom. The number of esters is 2.